The fourth-order valence-corrected chi connectivity index (χ4v) is 4.42. The number of aliphatic hydroxyl groups excluding tert-OH is 1. The van der Waals surface area contributed by atoms with E-state index in [0.717, 1.165) is 4.90 Å². The van der Waals surface area contributed by atoms with Gasteiger partial charge in [0.2, 0.25) is 0 Å². The lowest BCUT2D eigenvalue weighted by Crippen LogP contribution is -2.35. The van der Waals surface area contributed by atoms with Crippen molar-refractivity contribution in [3.8, 4) is 0 Å². The predicted octanol–water partition coefficient (Wildman–Crippen LogP) is 6.72. The molecule has 2 atom stereocenters. The van der Waals surface area contributed by atoms with Crippen LogP contribution in [0.2, 0.25) is 0 Å². The Bertz CT molecular complexity index is 595. The van der Waals surface area contributed by atoms with E-state index in [1.165, 1.54) is 28.5 Å². The van der Waals surface area contributed by atoms with Gasteiger partial charge in [0.1, 0.15) is 0 Å². The van der Waals surface area contributed by atoms with Crippen LogP contribution in [-0.2, 0) is 4.79 Å². The predicted molar refractivity (Wildman–Crippen MR) is 114 cm³/mol. The zero-order valence-electron chi connectivity index (χ0n) is 18.3. The molecule has 0 amide bonds. The topological polar surface area (TPSA) is 37.3 Å². The van der Waals surface area contributed by atoms with Crippen LogP contribution >= 0.6 is 11.8 Å². The molecule has 1 aromatic carbocycles. The van der Waals surface area contributed by atoms with E-state index in [9.17, 15) is 9.90 Å². The van der Waals surface area contributed by atoms with Crippen LogP contribution in [0.1, 0.15) is 104 Å². The number of aliphatic hydroxyl groups is 1. The van der Waals surface area contributed by atoms with Crippen LogP contribution in [0.15, 0.2) is 17.0 Å². The molecule has 0 bridgehead atoms. The Labute approximate surface area is 165 Å². The smallest absolute Gasteiger partial charge is 0.199 e. The third-order valence-corrected chi connectivity index (χ3v) is 6.26. The van der Waals surface area contributed by atoms with E-state index in [4.69, 9.17) is 0 Å². The molecule has 0 aliphatic heterocycles. The summed E-state index contributed by atoms with van der Waals surface area (Å²) in [6, 6.07) is 4.53. The van der Waals surface area contributed by atoms with Gasteiger partial charge in [0, 0.05) is 4.90 Å². The van der Waals surface area contributed by atoms with Crippen molar-refractivity contribution in [3.63, 3.8) is 0 Å². The molecule has 2 nitrogen and oxygen atoms in total. The molecule has 0 fully saturated rings. The van der Waals surface area contributed by atoms with Crippen molar-refractivity contribution in [2.24, 2.45) is 11.3 Å². The third kappa shape index (κ3) is 5.60. The second kappa shape index (κ2) is 8.93. The summed E-state index contributed by atoms with van der Waals surface area (Å²) in [6.45, 7) is 20.9. The van der Waals surface area contributed by atoms with Crippen molar-refractivity contribution in [3.05, 3.63) is 28.8 Å². The van der Waals surface area contributed by atoms with Crippen LogP contribution in [-0.4, -0.2) is 16.3 Å². The fraction of sp³-hybridized carbons (Fsp3) is 0.696. The Morgan fingerprint density at radius 1 is 0.885 bits per heavy atom. The maximum atomic E-state index is 13.0. The van der Waals surface area contributed by atoms with Crippen LogP contribution < -0.4 is 0 Å². The van der Waals surface area contributed by atoms with Gasteiger partial charge >= 0.3 is 0 Å². The summed E-state index contributed by atoms with van der Waals surface area (Å²) < 4.78 is 0. The quantitative estimate of drug-likeness (QED) is 0.558. The van der Waals surface area contributed by atoms with E-state index in [1.807, 2.05) is 27.7 Å². The number of benzene rings is 1. The summed E-state index contributed by atoms with van der Waals surface area (Å²) in [4.78, 5) is 14.1. The van der Waals surface area contributed by atoms with Crippen molar-refractivity contribution in [1.29, 1.82) is 0 Å². The molecule has 1 N–H and O–H groups in total. The normalized spacial score (nSPS) is 15.0. The lowest BCUT2D eigenvalue weighted by molar-refractivity contribution is -0.119. The third-order valence-electron chi connectivity index (χ3n) is 5.01. The molecule has 0 saturated carbocycles. The number of carbonyl (C=O) groups is 1. The van der Waals surface area contributed by atoms with E-state index in [2.05, 4.69) is 53.7 Å². The van der Waals surface area contributed by atoms with Crippen LogP contribution in [0.25, 0.3) is 0 Å². The summed E-state index contributed by atoms with van der Waals surface area (Å²) in [7, 11) is 0. The molecule has 0 spiro atoms. The Morgan fingerprint density at radius 3 is 1.62 bits per heavy atom. The first-order chi connectivity index (χ1) is 11.8. The second-order valence-corrected chi connectivity index (χ2v) is 10.5. The summed E-state index contributed by atoms with van der Waals surface area (Å²) in [6.07, 6.45) is -0.651. The zero-order valence-corrected chi connectivity index (χ0v) is 19.1. The molecular formula is C23H38O2S. The summed E-state index contributed by atoms with van der Waals surface area (Å²) in [5.74, 6) is 0.764. The standard InChI is InChI=1S/C23H38O2S/c1-13(2)17-11-18(14(3)4)20(19(12-17)15(5)6)26-22(25)16(7)21(24)23(8,9)10/h11-16,21,24H,1-10H3/t16-,21-/m0/s1. The highest BCUT2D eigenvalue weighted by atomic mass is 32.2. The van der Waals surface area contributed by atoms with Gasteiger partial charge < -0.3 is 5.11 Å². The summed E-state index contributed by atoms with van der Waals surface area (Å²) >= 11 is 1.33. The first-order valence-corrected chi connectivity index (χ1v) is 10.7. The summed E-state index contributed by atoms with van der Waals surface area (Å²) in [5, 5.41) is 10.6. The van der Waals surface area contributed by atoms with Gasteiger partial charge in [-0.15, -0.1) is 0 Å². The molecule has 148 valence electrons. The van der Waals surface area contributed by atoms with Crippen molar-refractivity contribution >= 4 is 16.9 Å². The lowest BCUT2D eigenvalue weighted by Gasteiger charge is -2.30. The maximum absolute atomic E-state index is 13.0. The molecular weight excluding hydrogens is 340 g/mol. The Hall–Kier alpha value is -0.800. The van der Waals surface area contributed by atoms with Gasteiger partial charge in [-0.1, -0.05) is 93.1 Å². The average molecular weight is 379 g/mol. The van der Waals surface area contributed by atoms with E-state index in [0.29, 0.717) is 17.8 Å². The van der Waals surface area contributed by atoms with E-state index in [-0.39, 0.29) is 10.5 Å². The minimum absolute atomic E-state index is 0.0496. The van der Waals surface area contributed by atoms with Crippen molar-refractivity contribution in [2.75, 3.05) is 0 Å². The van der Waals surface area contributed by atoms with E-state index < -0.39 is 12.0 Å². The Morgan fingerprint density at radius 2 is 1.31 bits per heavy atom. The number of carbonyl (C=O) groups excluding carboxylic acids is 1. The first-order valence-electron chi connectivity index (χ1n) is 9.84. The maximum Gasteiger partial charge on any atom is 0.199 e. The molecule has 1 rings (SSSR count). The van der Waals surface area contributed by atoms with Crippen LogP contribution in [0.4, 0.5) is 0 Å². The highest BCUT2D eigenvalue weighted by molar-refractivity contribution is 8.13. The first kappa shape index (κ1) is 23.2. The number of thioether (sulfide) groups is 1. The van der Waals surface area contributed by atoms with Gasteiger partial charge in [0.15, 0.2) is 5.12 Å². The summed E-state index contributed by atoms with van der Waals surface area (Å²) in [5.41, 5.74) is 3.52. The minimum atomic E-state index is -0.651. The molecule has 1 aromatic rings. The van der Waals surface area contributed by atoms with Crippen molar-refractivity contribution < 1.29 is 9.90 Å². The molecule has 0 heterocycles. The van der Waals surface area contributed by atoms with Crippen molar-refractivity contribution in [1.82, 2.24) is 0 Å². The zero-order chi connectivity index (χ0) is 20.4. The van der Waals surface area contributed by atoms with Crippen LogP contribution in [0, 0.1) is 11.3 Å². The molecule has 3 heteroatoms. The lowest BCUT2D eigenvalue weighted by atomic mass is 9.82. The van der Waals surface area contributed by atoms with Gasteiger partial charge in [-0.3, -0.25) is 4.79 Å². The number of hydrogen-bond acceptors (Lipinski definition) is 3. The minimum Gasteiger partial charge on any atom is -0.392 e. The van der Waals surface area contributed by atoms with Gasteiger partial charge in [-0.2, -0.15) is 0 Å². The molecule has 0 radical (unpaired) electrons. The number of rotatable bonds is 6. The number of hydrogen-bond donors (Lipinski definition) is 1. The fourth-order valence-electron chi connectivity index (χ4n) is 3.08. The Balaban J connectivity index is 3.36. The van der Waals surface area contributed by atoms with E-state index >= 15 is 0 Å². The van der Waals surface area contributed by atoms with Crippen LogP contribution in [0.3, 0.4) is 0 Å². The molecule has 0 aromatic heterocycles. The van der Waals surface area contributed by atoms with Gasteiger partial charge in [-0.25, -0.2) is 0 Å². The van der Waals surface area contributed by atoms with Gasteiger partial charge in [0.25, 0.3) is 0 Å². The molecule has 26 heavy (non-hydrogen) atoms. The SMILES string of the molecule is CC(C)c1cc(C(C)C)c(SC(=O)[C@@H](C)[C@H](O)C(C)(C)C)c(C(C)C)c1. The second-order valence-electron chi connectivity index (χ2n) is 9.51. The molecule has 0 unspecified atom stereocenters. The van der Waals surface area contributed by atoms with Crippen LogP contribution in [0.5, 0.6) is 0 Å². The molecule has 0 aliphatic carbocycles. The van der Waals surface area contributed by atoms with E-state index in [1.54, 1.807) is 0 Å². The average Bonchev–Trinajstić information content (AvgIpc) is 2.51. The molecule has 0 saturated heterocycles. The molecule has 0 aliphatic rings. The Kier molecular flexibility index (Phi) is 7.98. The van der Waals surface area contributed by atoms with Gasteiger partial charge in [0.05, 0.1) is 12.0 Å². The highest BCUT2D eigenvalue weighted by Gasteiger charge is 2.33. The van der Waals surface area contributed by atoms with Gasteiger partial charge in [-0.05, 0) is 39.9 Å². The highest BCUT2D eigenvalue weighted by Crippen LogP contribution is 2.40. The largest absolute Gasteiger partial charge is 0.392 e. The van der Waals surface area contributed by atoms with Crippen molar-refractivity contribution in [2.45, 2.75) is 98.0 Å². The monoisotopic (exact) mass is 378 g/mol.